The van der Waals surface area contributed by atoms with E-state index in [9.17, 15) is 0 Å². The number of hydrogen-bond donors (Lipinski definition) is 1. The zero-order valence-corrected chi connectivity index (χ0v) is 11.6. The molecule has 4 nitrogen and oxygen atoms in total. The Bertz CT molecular complexity index is 542. The lowest BCUT2D eigenvalue weighted by atomic mass is 9.83. The van der Waals surface area contributed by atoms with Gasteiger partial charge in [0.05, 0.1) is 18.1 Å². The van der Waals surface area contributed by atoms with Crippen molar-refractivity contribution in [3.8, 4) is 0 Å². The van der Waals surface area contributed by atoms with Crippen molar-refractivity contribution in [2.24, 2.45) is 5.92 Å². The molecule has 20 heavy (non-hydrogen) atoms. The molecule has 2 atom stereocenters. The van der Waals surface area contributed by atoms with E-state index in [4.69, 9.17) is 0 Å². The third kappa shape index (κ3) is 2.09. The third-order valence-electron chi connectivity index (χ3n) is 4.64. The van der Waals surface area contributed by atoms with Gasteiger partial charge in [-0.25, -0.2) is 9.97 Å². The highest BCUT2D eigenvalue weighted by Gasteiger charge is 2.28. The Hall–Kier alpha value is -1.84. The number of rotatable bonds is 2. The van der Waals surface area contributed by atoms with Crippen LogP contribution >= 0.6 is 0 Å². The van der Waals surface area contributed by atoms with Crippen LogP contribution in [-0.4, -0.2) is 29.6 Å². The molecule has 3 heterocycles. The number of piperidine rings is 1. The normalized spacial score (nSPS) is 28.2. The summed E-state index contributed by atoms with van der Waals surface area (Å²) in [7, 11) is 0. The SMILES string of the molecule is C1=CCC2CC(c3ncc(N4CCC4)cn3)CNC2=C1. The van der Waals surface area contributed by atoms with Crippen LogP contribution in [0.3, 0.4) is 0 Å². The van der Waals surface area contributed by atoms with E-state index in [1.165, 1.54) is 17.8 Å². The Kier molecular flexibility index (Phi) is 2.94. The van der Waals surface area contributed by atoms with Crippen LogP contribution < -0.4 is 10.2 Å². The Morgan fingerprint density at radius 3 is 2.75 bits per heavy atom. The molecule has 0 radical (unpaired) electrons. The molecule has 0 saturated carbocycles. The lowest BCUT2D eigenvalue weighted by molar-refractivity contribution is 0.387. The number of hydrogen-bond acceptors (Lipinski definition) is 4. The fourth-order valence-electron chi connectivity index (χ4n) is 3.25. The molecule has 1 aromatic heterocycles. The Morgan fingerprint density at radius 1 is 1.15 bits per heavy atom. The molecule has 1 aliphatic carbocycles. The summed E-state index contributed by atoms with van der Waals surface area (Å²) < 4.78 is 0. The van der Waals surface area contributed by atoms with Gasteiger partial charge in [-0.05, 0) is 25.3 Å². The number of anilines is 1. The first-order valence-corrected chi connectivity index (χ1v) is 7.57. The number of nitrogens with zero attached hydrogens (tertiary/aromatic N) is 3. The minimum Gasteiger partial charge on any atom is -0.387 e. The van der Waals surface area contributed by atoms with Crippen LogP contribution in [0.4, 0.5) is 5.69 Å². The monoisotopic (exact) mass is 268 g/mol. The Labute approximate surface area is 119 Å². The fourth-order valence-corrected chi connectivity index (χ4v) is 3.25. The van der Waals surface area contributed by atoms with Crippen LogP contribution in [0.15, 0.2) is 36.3 Å². The van der Waals surface area contributed by atoms with Crippen molar-refractivity contribution >= 4 is 5.69 Å². The highest BCUT2D eigenvalue weighted by atomic mass is 15.2. The summed E-state index contributed by atoms with van der Waals surface area (Å²) in [6.07, 6.45) is 14.2. The van der Waals surface area contributed by atoms with Crippen molar-refractivity contribution in [3.05, 3.63) is 42.1 Å². The number of allylic oxidation sites excluding steroid dienone is 4. The molecule has 0 spiro atoms. The van der Waals surface area contributed by atoms with Crippen molar-refractivity contribution in [3.63, 3.8) is 0 Å². The zero-order chi connectivity index (χ0) is 13.4. The zero-order valence-electron chi connectivity index (χ0n) is 11.6. The summed E-state index contributed by atoms with van der Waals surface area (Å²) in [4.78, 5) is 11.6. The average Bonchev–Trinajstić information content (AvgIpc) is 2.46. The molecule has 1 aromatic rings. The number of aromatic nitrogens is 2. The fraction of sp³-hybridized carbons (Fsp3) is 0.500. The number of fused-ring (bicyclic) bond motifs is 1. The average molecular weight is 268 g/mol. The van der Waals surface area contributed by atoms with Gasteiger partial charge < -0.3 is 10.2 Å². The smallest absolute Gasteiger partial charge is 0.133 e. The van der Waals surface area contributed by atoms with Crippen molar-refractivity contribution in [1.82, 2.24) is 15.3 Å². The molecule has 104 valence electrons. The van der Waals surface area contributed by atoms with Crippen LogP contribution in [0.25, 0.3) is 0 Å². The maximum Gasteiger partial charge on any atom is 0.133 e. The van der Waals surface area contributed by atoms with Gasteiger partial charge in [0.25, 0.3) is 0 Å². The molecular formula is C16H20N4. The predicted octanol–water partition coefficient (Wildman–Crippen LogP) is 2.22. The van der Waals surface area contributed by atoms with Crippen molar-refractivity contribution < 1.29 is 0 Å². The van der Waals surface area contributed by atoms with E-state index in [0.717, 1.165) is 38.3 Å². The van der Waals surface area contributed by atoms with Crippen LogP contribution in [0.5, 0.6) is 0 Å². The minimum atomic E-state index is 0.439. The van der Waals surface area contributed by atoms with Crippen LogP contribution in [0.2, 0.25) is 0 Å². The second kappa shape index (κ2) is 4.93. The highest BCUT2D eigenvalue weighted by molar-refractivity contribution is 5.44. The molecule has 2 aliphatic heterocycles. The first-order valence-electron chi connectivity index (χ1n) is 7.57. The first kappa shape index (κ1) is 11.9. The van der Waals surface area contributed by atoms with E-state index in [0.29, 0.717) is 11.8 Å². The van der Waals surface area contributed by atoms with E-state index in [1.54, 1.807) is 0 Å². The molecule has 0 aromatic carbocycles. The van der Waals surface area contributed by atoms with Crippen molar-refractivity contribution in [1.29, 1.82) is 0 Å². The molecular weight excluding hydrogens is 248 g/mol. The second-order valence-electron chi connectivity index (χ2n) is 5.94. The van der Waals surface area contributed by atoms with Crippen molar-refractivity contribution in [2.45, 2.75) is 25.2 Å². The first-order chi connectivity index (χ1) is 9.90. The van der Waals surface area contributed by atoms with Crippen LogP contribution in [0, 0.1) is 5.92 Å². The van der Waals surface area contributed by atoms with Gasteiger partial charge in [-0.3, -0.25) is 0 Å². The van der Waals surface area contributed by atoms with Gasteiger partial charge in [-0.1, -0.05) is 12.2 Å². The van der Waals surface area contributed by atoms with Gasteiger partial charge in [0.2, 0.25) is 0 Å². The van der Waals surface area contributed by atoms with Gasteiger partial charge in [0.1, 0.15) is 5.82 Å². The summed E-state index contributed by atoms with van der Waals surface area (Å²) in [6.45, 7) is 3.26. The third-order valence-corrected chi connectivity index (χ3v) is 4.64. The van der Waals surface area contributed by atoms with Gasteiger partial charge in [-0.2, -0.15) is 0 Å². The molecule has 2 saturated heterocycles. The van der Waals surface area contributed by atoms with E-state index in [2.05, 4.69) is 38.4 Å². The van der Waals surface area contributed by atoms with Crippen molar-refractivity contribution in [2.75, 3.05) is 24.5 Å². The molecule has 4 rings (SSSR count). The van der Waals surface area contributed by atoms with E-state index < -0.39 is 0 Å². The summed E-state index contributed by atoms with van der Waals surface area (Å²) in [5.74, 6) is 2.06. The lowest BCUT2D eigenvalue weighted by Crippen LogP contribution is -2.37. The summed E-state index contributed by atoms with van der Waals surface area (Å²) in [6, 6.07) is 0. The quantitative estimate of drug-likeness (QED) is 0.893. The summed E-state index contributed by atoms with van der Waals surface area (Å²) in [5.41, 5.74) is 2.56. The lowest BCUT2D eigenvalue weighted by Gasteiger charge is -2.34. The number of nitrogens with one attached hydrogen (secondary N) is 1. The summed E-state index contributed by atoms with van der Waals surface area (Å²) >= 11 is 0. The van der Waals surface area contributed by atoms with E-state index in [1.807, 2.05) is 12.4 Å². The standard InChI is InChI=1S/C16H20N4/c1-2-5-15-12(4-1)8-13(9-17-15)16-18-10-14(11-19-16)20-6-3-7-20/h1-2,5,10-13,17H,3-4,6-9H2. The highest BCUT2D eigenvalue weighted by Crippen LogP contribution is 2.33. The molecule has 0 bridgehead atoms. The maximum atomic E-state index is 4.61. The minimum absolute atomic E-state index is 0.439. The van der Waals surface area contributed by atoms with Crippen LogP contribution in [-0.2, 0) is 0 Å². The molecule has 1 N–H and O–H groups in total. The predicted molar refractivity (Wildman–Crippen MR) is 79.6 cm³/mol. The van der Waals surface area contributed by atoms with Gasteiger partial charge in [0, 0.05) is 37.2 Å². The molecule has 3 aliphatic rings. The Balaban J connectivity index is 1.47. The van der Waals surface area contributed by atoms with E-state index in [-0.39, 0.29) is 0 Å². The second-order valence-corrected chi connectivity index (χ2v) is 5.94. The molecule has 4 heteroatoms. The topological polar surface area (TPSA) is 41.1 Å². The molecule has 2 fully saturated rings. The summed E-state index contributed by atoms with van der Waals surface area (Å²) in [5, 5.41) is 3.55. The van der Waals surface area contributed by atoms with Crippen LogP contribution in [0.1, 0.15) is 31.0 Å². The van der Waals surface area contributed by atoms with E-state index >= 15 is 0 Å². The molecule has 0 amide bonds. The van der Waals surface area contributed by atoms with Gasteiger partial charge >= 0.3 is 0 Å². The maximum absolute atomic E-state index is 4.61. The van der Waals surface area contributed by atoms with Gasteiger partial charge in [0.15, 0.2) is 0 Å². The van der Waals surface area contributed by atoms with Gasteiger partial charge in [-0.15, -0.1) is 0 Å². The molecule has 2 unspecified atom stereocenters. The Morgan fingerprint density at radius 2 is 2.00 bits per heavy atom. The largest absolute Gasteiger partial charge is 0.387 e.